The zero-order chi connectivity index (χ0) is 19.2. The molecule has 8 nitrogen and oxygen atoms in total. The molecule has 1 saturated heterocycles. The summed E-state index contributed by atoms with van der Waals surface area (Å²) in [5.74, 6) is 0.969. The predicted molar refractivity (Wildman–Crippen MR) is 101 cm³/mol. The summed E-state index contributed by atoms with van der Waals surface area (Å²) in [4.78, 5) is 22.5. The van der Waals surface area contributed by atoms with Crippen LogP contribution >= 0.6 is 11.6 Å². The number of piperidine rings is 1. The Bertz CT molecular complexity index is 805. The number of nitrogens with one attached hydrogen (secondary N) is 1. The Kier molecular flexibility index (Phi) is 6.18. The second-order valence-corrected chi connectivity index (χ2v) is 6.42. The highest BCUT2D eigenvalue weighted by atomic mass is 35.5. The Labute approximate surface area is 162 Å². The van der Waals surface area contributed by atoms with E-state index >= 15 is 0 Å². The number of anilines is 1. The van der Waals surface area contributed by atoms with Crippen LogP contribution in [-0.2, 0) is 0 Å². The summed E-state index contributed by atoms with van der Waals surface area (Å²) in [6.07, 6.45) is 3.06. The number of aromatic nitrogens is 2. The Morgan fingerprint density at radius 3 is 2.93 bits per heavy atom. The van der Waals surface area contributed by atoms with E-state index in [-0.39, 0.29) is 18.1 Å². The molecule has 2 amide bonds. The van der Waals surface area contributed by atoms with Gasteiger partial charge in [-0.15, -0.1) is 0 Å². The maximum atomic E-state index is 12.7. The Balaban J connectivity index is 1.63. The molecule has 0 saturated carbocycles. The van der Waals surface area contributed by atoms with Gasteiger partial charge >= 0.3 is 12.0 Å². The van der Waals surface area contributed by atoms with Gasteiger partial charge in [0.05, 0.1) is 26.5 Å². The van der Waals surface area contributed by atoms with E-state index in [1.54, 1.807) is 42.5 Å². The van der Waals surface area contributed by atoms with Crippen molar-refractivity contribution in [2.24, 2.45) is 0 Å². The van der Waals surface area contributed by atoms with Gasteiger partial charge in [0.15, 0.2) is 0 Å². The summed E-state index contributed by atoms with van der Waals surface area (Å²) in [6, 6.07) is 6.75. The molecule has 0 aliphatic carbocycles. The fourth-order valence-electron chi connectivity index (χ4n) is 2.85. The highest BCUT2D eigenvalue weighted by Crippen LogP contribution is 2.28. The molecular weight excluding hydrogens is 372 g/mol. The van der Waals surface area contributed by atoms with E-state index in [2.05, 4.69) is 15.3 Å². The van der Waals surface area contributed by atoms with E-state index in [0.717, 1.165) is 12.8 Å². The van der Waals surface area contributed by atoms with E-state index in [1.807, 2.05) is 0 Å². The van der Waals surface area contributed by atoms with Crippen molar-refractivity contribution >= 4 is 23.3 Å². The molecule has 0 spiro atoms. The molecular formula is C18H21ClN4O4. The summed E-state index contributed by atoms with van der Waals surface area (Å²) >= 11 is 6.02. The molecule has 144 valence electrons. The number of hydrogen-bond donors (Lipinski definition) is 1. The smallest absolute Gasteiger partial charge is 0.322 e. The van der Waals surface area contributed by atoms with E-state index in [9.17, 15) is 4.79 Å². The highest BCUT2D eigenvalue weighted by molar-refractivity contribution is 6.31. The van der Waals surface area contributed by atoms with Crippen LogP contribution in [0.2, 0.25) is 5.02 Å². The number of benzene rings is 1. The molecule has 1 aromatic carbocycles. The minimum Gasteiger partial charge on any atom is -0.495 e. The number of nitrogens with zero attached hydrogens (tertiary/aromatic N) is 3. The summed E-state index contributed by atoms with van der Waals surface area (Å²) < 4.78 is 16.2. The summed E-state index contributed by atoms with van der Waals surface area (Å²) in [5, 5.41) is 3.37. The lowest BCUT2D eigenvalue weighted by Gasteiger charge is -2.32. The maximum absolute atomic E-state index is 12.7. The molecule has 1 aliphatic heterocycles. The van der Waals surface area contributed by atoms with Gasteiger partial charge in [-0.05, 0) is 31.0 Å². The lowest BCUT2D eigenvalue weighted by atomic mass is 10.1. The number of urea groups is 1. The Hall–Kier alpha value is -2.74. The first-order valence-electron chi connectivity index (χ1n) is 8.52. The third-order valence-electron chi connectivity index (χ3n) is 4.15. The largest absolute Gasteiger partial charge is 0.495 e. The average Bonchev–Trinajstić information content (AvgIpc) is 2.68. The molecule has 3 rings (SSSR count). The van der Waals surface area contributed by atoms with Crippen molar-refractivity contribution in [3.63, 3.8) is 0 Å². The first kappa shape index (κ1) is 19.0. The lowest BCUT2D eigenvalue weighted by molar-refractivity contribution is 0.102. The van der Waals surface area contributed by atoms with Crippen molar-refractivity contribution in [2.75, 3.05) is 32.6 Å². The van der Waals surface area contributed by atoms with Gasteiger partial charge < -0.3 is 24.4 Å². The fraction of sp³-hybridized carbons (Fsp3) is 0.389. The number of halogens is 1. The summed E-state index contributed by atoms with van der Waals surface area (Å²) in [7, 11) is 3.04. The third-order valence-corrected chi connectivity index (χ3v) is 4.38. The van der Waals surface area contributed by atoms with Crippen molar-refractivity contribution in [1.82, 2.24) is 14.9 Å². The lowest BCUT2D eigenvalue weighted by Crippen LogP contribution is -2.46. The van der Waals surface area contributed by atoms with Crippen LogP contribution in [0.25, 0.3) is 0 Å². The molecule has 0 radical (unpaired) electrons. The molecule has 1 aliphatic rings. The summed E-state index contributed by atoms with van der Waals surface area (Å²) in [5.41, 5.74) is 0.526. The van der Waals surface area contributed by atoms with Crippen LogP contribution < -0.4 is 19.5 Å². The first-order valence-corrected chi connectivity index (χ1v) is 8.90. The van der Waals surface area contributed by atoms with Crippen LogP contribution in [0.3, 0.4) is 0 Å². The van der Waals surface area contributed by atoms with Gasteiger partial charge in [0.2, 0.25) is 5.88 Å². The molecule has 1 N–H and O–H groups in total. The first-order chi connectivity index (χ1) is 13.1. The van der Waals surface area contributed by atoms with Crippen molar-refractivity contribution < 1.29 is 19.0 Å². The van der Waals surface area contributed by atoms with Crippen molar-refractivity contribution in [3.8, 4) is 17.6 Å². The van der Waals surface area contributed by atoms with Gasteiger partial charge in [0.25, 0.3) is 0 Å². The maximum Gasteiger partial charge on any atom is 0.322 e. The predicted octanol–water partition coefficient (Wildman–Crippen LogP) is 3.22. The number of carbonyl (C=O) groups excluding carboxylic acids is 1. The van der Waals surface area contributed by atoms with Crippen LogP contribution in [0.5, 0.6) is 17.6 Å². The minimum absolute atomic E-state index is 0.162. The number of amides is 2. The van der Waals surface area contributed by atoms with Gasteiger partial charge in [0, 0.05) is 23.8 Å². The SMILES string of the molecule is COc1nccc(OC2CCCN(C(=O)Nc3cc(Cl)ccc3OC)C2)n1. The van der Waals surface area contributed by atoms with E-state index in [1.165, 1.54) is 7.11 Å². The molecule has 1 fully saturated rings. The van der Waals surface area contributed by atoms with Gasteiger partial charge in [-0.2, -0.15) is 4.98 Å². The number of rotatable bonds is 5. The van der Waals surface area contributed by atoms with Crippen LogP contribution in [-0.4, -0.2) is 54.3 Å². The van der Waals surface area contributed by atoms with Crippen molar-refractivity contribution in [2.45, 2.75) is 18.9 Å². The zero-order valence-corrected chi connectivity index (χ0v) is 15.9. The van der Waals surface area contributed by atoms with Gasteiger partial charge in [-0.25, -0.2) is 9.78 Å². The normalized spacial score (nSPS) is 16.6. The van der Waals surface area contributed by atoms with E-state index < -0.39 is 0 Å². The molecule has 9 heteroatoms. The second kappa shape index (κ2) is 8.77. The molecule has 2 heterocycles. The number of carbonyl (C=O) groups is 1. The van der Waals surface area contributed by atoms with Gasteiger partial charge in [-0.1, -0.05) is 11.6 Å². The number of ether oxygens (including phenoxy) is 3. The van der Waals surface area contributed by atoms with Crippen LogP contribution in [0, 0.1) is 0 Å². The number of methoxy groups -OCH3 is 2. The third kappa shape index (κ3) is 4.91. The molecule has 1 atom stereocenters. The highest BCUT2D eigenvalue weighted by Gasteiger charge is 2.26. The minimum atomic E-state index is -0.232. The second-order valence-electron chi connectivity index (χ2n) is 5.98. The quantitative estimate of drug-likeness (QED) is 0.840. The molecule has 2 aromatic rings. The summed E-state index contributed by atoms with van der Waals surface area (Å²) in [6.45, 7) is 1.09. The number of hydrogen-bond acceptors (Lipinski definition) is 6. The standard InChI is InChI=1S/C18H21ClN4O4/c1-25-15-6-5-12(19)10-14(15)21-18(24)23-9-3-4-13(11-23)27-16-7-8-20-17(22-16)26-2/h5-8,10,13H,3-4,9,11H2,1-2H3,(H,21,24). The topological polar surface area (TPSA) is 85.8 Å². The molecule has 0 bridgehead atoms. The van der Waals surface area contributed by atoms with Crippen molar-refractivity contribution in [1.29, 1.82) is 0 Å². The van der Waals surface area contributed by atoms with Gasteiger partial charge in [0.1, 0.15) is 11.9 Å². The van der Waals surface area contributed by atoms with E-state index in [4.69, 9.17) is 25.8 Å². The van der Waals surface area contributed by atoms with E-state index in [0.29, 0.717) is 35.4 Å². The Morgan fingerprint density at radius 2 is 2.15 bits per heavy atom. The van der Waals surface area contributed by atoms with Crippen LogP contribution in [0.4, 0.5) is 10.5 Å². The monoisotopic (exact) mass is 392 g/mol. The molecule has 1 aromatic heterocycles. The van der Waals surface area contributed by atoms with Crippen LogP contribution in [0.15, 0.2) is 30.5 Å². The number of likely N-dealkylation sites (tertiary alicyclic amines) is 1. The average molecular weight is 393 g/mol. The van der Waals surface area contributed by atoms with Crippen molar-refractivity contribution in [3.05, 3.63) is 35.5 Å². The van der Waals surface area contributed by atoms with Gasteiger partial charge in [-0.3, -0.25) is 0 Å². The fourth-order valence-corrected chi connectivity index (χ4v) is 3.02. The molecule has 27 heavy (non-hydrogen) atoms. The molecule has 1 unspecified atom stereocenters. The van der Waals surface area contributed by atoms with Crippen LogP contribution in [0.1, 0.15) is 12.8 Å². The Morgan fingerprint density at radius 1 is 1.30 bits per heavy atom. The zero-order valence-electron chi connectivity index (χ0n) is 15.1.